The maximum Gasteiger partial charge on any atom is 0.123 e. The molecule has 1 heterocycles. The highest BCUT2D eigenvalue weighted by Crippen LogP contribution is 2.17. The third kappa shape index (κ3) is 4.10. The number of benzene rings is 1. The molecule has 19 heavy (non-hydrogen) atoms. The van der Waals surface area contributed by atoms with Crippen molar-refractivity contribution in [2.75, 3.05) is 13.2 Å². The van der Waals surface area contributed by atoms with E-state index < -0.39 is 0 Å². The van der Waals surface area contributed by atoms with Crippen molar-refractivity contribution in [2.24, 2.45) is 7.05 Å². The molecule has 2 aromatic rings. The van der Waals surface area contributed by atoms with Crippen molar-refractivity contribution >= 4 is 0 Å². The summed E-state index contributed by atoms with van der Waals surface area (Å²) in [6.07, 6.45) is 4.95. The van der Waals surface area contributed by atoms with E-state index in [4.69, 9.17) is 4.74 Å². The lowest BCUT2D eigenvalue weighted by atomic mass is 10.2. The van der Waals surface area contributed by atoms with Gasteiger partial charge in [0.2, 0.25) is 0 Å². The minimum atomic E-state index is 0.701. The number of ether oxygens (including phenoxy) is 1. The van der Waals surface area contributed by atoms with Crippen LogP contribution in [0.1, 0.15) is 18.1 Å². The second-order valence-electron chi connectivity index (χ2n) is 4.49. The first kappa shape index (κ1) is 13.6. The molecule has 0 saturated carbocycles. The molecule has 1 aromatic heterocycles. The van der Waals surface area contributed by atoms with Gasteiger partial charge < -0.3 is 10.1 Å². The van der Waals surface area contributed by atoms with Gasteiger partial charge in [0, 0.05) is 25.4 Å². The number of hydrogen-bond acceptors (Lipinski definition) is 3. The zero-order valence-corrected chi connectivity index (χ0v) is 11.6. The molecule has 0 aliphatic heterocycles. The predicted molar refractivity (Wildman–Crippen MR) is 76.2 cm³/mol. The summed E-state index contributed by atoms with van der Waals surface area (Å²) in [6.45, 7) is 4.47. The van der Waals surface area contributed by atoms with Crippen LogP contribution in [-0.2, 0) is 20.0 Å². The number of nitrogens with zero attached hydrogens (tertiary/aromatic N) is 2. The summed E-state index contributed by atoms with van der Waals surface area (Å²) in [5.74, 6) is 0.971. The van der Waals surface area contributed by atoms with Crippen LogP contribution in [0.3, 0.4) is 0 Å². The van der Waals surface area contributed by atoms with Gasteiger partial charge in [0.15, 0.2) is 0 Å². The Morgan fingerprint density at radius 3 is 2.89 bits per heavy atom. The summed E-state index contributed by atoms with van der Waals surface area (Å²) in [6, 6.07) is 8.16. The highest BCUT2D eigenvalue weighted by Gasteiger charge is 2.02. The first-order chi connectivity index (χ1) is 9.29. The number of aromatic nitrogens is 2. The number of rotatable bonds is 7. The predicted octanol–water partition coefficient (Wildman–Crippen LogP) is 2.15. The van der Waals surface area contributed by atoms with Crippen LogP contribution in [0, 0.1) is 0 Å². The van der Waals surface area contributed by atoms with E-state index in [1.807, 2.05) is 43.0 Å². The lowest BCUT2D eigenvalue weighted by molar-refractivity contribution is 0.335. The van der Waals surface area contributed by atoms with Crippen molar-refractivity contribution in [3.63, 3.8) is 0 Å². The van der Waals surface area contributed by atoms with Crippen LogP contribution in [0.5, 0.6) is 5.75 Å². The van der Waals surface area contributed by atoms with Crippen LogP contribution in [0.2, 0.25) is 0 Å². The van der Waals surface area contributed by atoms with Gasteiger partial charge in [-0.1, -0.05) is 18.2 Å². The molecule has 1 aromatic carbocycles. The van der Waals surface area contributed by atoms with E-state index in [0.717, 1.165) is 25.3 Å². The fraction of sp³-hybridized carbons (Fsp3) is 0.400. The van der Waals surface area contributed by atoms with Gasteiger partial charge in [0.05, 0.1) is 12.8 Å². The monoisotopic (exact) mass is 259 g/mol. The van der Waals surface area contributed by atoms with E-state index in [0.29, 0.717) is 6.61 Å². The average molecular weight is 259 g/mol. The minimum absolute atomic E-state index is 0.701. The Balaban J connectivity index is 1.79. The van der Waals surface area contributed by atoms with Crippen LogP contribution in [0.25, 0.3) is 0 Å². The molecule has 0 fully saturated rings. The Kier molecular flexibility index (Phi) is 4.98. The van der Waals surface area contributed by atoms with Crippen LogP contribution in [0.4, 0.5) is 0 Å². The van der Waals surface area contributed by atoms with Crippen molar-refractivity contribution in [3.8, 4) is 5.75 Å². The molecule has 0 aliphatic rings. The van der Waals surface area contributed by atoms with Gasteiger partial charge in [-0.2, -0.15) is 5.10 Å². The number of aryl methyl sites for hydroxylation is 1. The normalized spacial score (nSPS) is 10.6. The minimum Gasteiger partial charge on any atom is -0.494 e. The standard InChI is InChI=1S/C15H21N3O/c1-3-19-15-7-5-4-6-14(15)11-16-9-8-13-10-17-18(2)12-13/h4-7,10,12,16H,3,8-9,11H2,1-2H3. The SMILES string of the molecule is CCOc1ccccc1CNCCc1cnn(C)c1. The third-order valence-corrected chi connectivity index (χ3v) is 2.94. The Labute approximate surface area is 114 Å². The summed E-state index contributed by atoms with van der Waals surface area (Å²) in [5.41, 5.74) is 2.46. The van der Waals surface area contributed by atoms with Crippen LogP contribution in [0.15, 0.2) is 36.7 Å². The Bertz CT molecular complexity index is 508. The highest BCUT2D eigenvalue weighted by molar-refractivity contribution is 5.33. The van der Waals surface area contributed by atoms with Gasteiger partial charge in [0.1, 0.15) is 5.75 Å². The largest absolute Gasteiger partial charge is 0.494 e. The average Bonchev–Trinajstić information content (AvgIpc) is 2.83. The van der Waals surface area contributed by atoms with Crippen molar-refractivity contribution in [1.82, 2.24) is 15.1 Å². The van der Waals surface area contributed by atoms with Gasteiger partial charge >= 0.3 is 0 Å². The molecule has 0 saturated heterocycles. The summed E-state index contributed by atoms with van der Waals surface area (Å²) in [4.78, 5) is 0. The van der Waals surface area contributed by atoms with Gasteiger partial charge in [-0.3, -0.25) is 4.68 Å². The quantitative estimate of drug-likeness (QED) is 0.774. The fourth-order valence-electron chi connectivity index (χ4n) is 2.00. The van der Waals surface area contributed by atoms with E-state index in [1.165, 1.54) is 11.1 Å². The maximum atomic E-state index is 5.60. The smallest absolute Gasteiger partial charge is 0.123 e. The first-order valence-corrected chi connectivity index (χ1v) is 6.68. The second kappa shape index (κ2) is 6.95. The van der Waals surface area contributed by atoms with Gasteiger partial charge in [-0.15, -0.1) is 0 Å². The molecule has 4 nitrogen and oxygen atoms in total. The molecule has 102 valence electrons. The fourth-order valence-corrected chi connectivity index (χ4v) is 2.00. The van der Waals surface area contributed by atoms with Crippen LogP contribution in [-0.4, -0.2) is 22.9 Å². The molecule has 0 amide bonds. The molecule has 0 unspecified atom stereocenters. The number of para-hydroxylation sites is 1. The third-order valence-electron chi connectivity index (χ3n) is 2.94. The summed E-state index contributed by atoms with van der Waals surface area (Å²) in [7, 11) is 1.94. The van der Waals surface area contributed by atoms with E-state index in [-0.39, 0.29) is 0 Å². The van der Waals surface area contributed by atoms with E-state index in [2.05, 4.69) is 22.7 Å². The summed E-state index contributed by atoms with van der Waals surface area (Å²) >= 11 is 0. The van der Waals surface area contributed by atoms with Gasteiger partial charge in [0.25, 0.3) is 0 Å². The Morgan fingerprint density at radius 2 is 2.16 bits per heavy atom. The van der Waals surface area contributed by atoms with Crippen molar-refractivity contribution in [3.05, 3.63) is 47.8 Å². The van der Waals surface area contributed by atoms with Crippen LogP contribution >= 0.6 is 0 Å². The van der Waals surface area contributed by atoms with Gasteiger partial charge in [-0.05, 0) is 31.5 Å². The lowest BCUT2D eigenvalue weighted by Crippen LogP contribution is -2.17. The Hall–Kier alpha value is -1.81. The molecule has 0 spiro atoms. The Morgan fingerprint density at radius 1 is 1.32 bits per heavy atom. The lowest BCUT2D eigenvalue weighted by Gasteiger charge is -2.10. The highest BCUT2D eigenvalue weighted by atomic mass is 16.5. The van der Waals surface area contributed by atoms with E-state index >= 15 is 0 Å². The van der Waals surface area contributed by atoms with E-state index in [1.54, 1.807) is 0 Å². The van der Waals surface area contributed by atoms with Crippen molar-refractivity contribution in [1.29, 1.82) is 0 Å². The zero-order chi connectivity index (χ0) is 13.5. The molecule has 4 heteroatoms. The maximum absolute atomic E-state index is 5.60. The molecule has 2 rings (SSSR count). The summed E-state index contributed by atoms with van der Waals surface area (Å²) < 4.78 is 7.44. The number of hydrogen-bond donors (Lipinski definition) is 1. The molecule has 0 aliphatic carbocycles. The van der Waals surface area contributed by atoms with Crippen LogP contribution < -0.4 is 10.1 Å². The zero-order valence-electron chi connectivity index (χ0n) is 11.6. The molecular weight excluding hydrogens is 238 g/mol. The number of nitrogens with one attached hydrogen (secondary N) is 1. The molecular formula is C15H21N3O. The molecule has 0 bridgehead atoms. The summed E-state index contributed by atoms with van der Waals surface area (Å²) in [5, 5.41) is 7.60. The van der Waals surface area contributed by atoms with Gasteiger partial charge in [-0.25, -0.2) is 0 Å². The molecule has 1 N–H and O–H groups in total. The molecule has 0 atom stereocenters. The topological polar surface area (TPSA) is 39.1 Å². The second-order valence-corrected chi connectivity index (χ2v) is 4.49. The van der Waals surface area contributed by atoms with Crippen molar-refractivity contribution in [2.45, 2.75) is 19.9 Å². The van der Waals surface area contributed by atoms with E-state index in [9.17, 15) is 0 Å². The first-order valence-electron chi connectivity index (χ1n) is 6.68. The molecule has 0 radical (unpaired) electrons. The van der Waals surface area contributed by atoms with Crippen molar-refractivity contribution < 1.29 is 4.74 Å².